The molecule has 5 nitrogen and oxygen atoms in total. The number of carbonyl (C=O) groups excluding carboxylic acids is 2. The quantitative estimate of drug-likeness (QED) is 0.359. The van der Waals surface area contributed by atoms with Crippen LogP contribution in [0.3, 0.4) is 0 Å². The third kappa shape index (κ3) is 12.8. The van der Waals surface area contributed by atoms with Gasteiger partial charge in [0.05, 0.1) is 0 Å². The molecule has 216 valence electrons. The van der Waals surface area contributed by atoms with E-state index in [1.54, 1.807) is 0 Å². The maximum Gasteiger partial charge on any atom is 0.248 e. The van der Waals surface area contributed by atoms with Crippen LogP contribution in [0.4, 0.5) is 5.69 Å². The van der Waals surface area contributed by atoms with Crippen molar-refractivity contribution in [2.24, 2.45) is 5.73 Å². The molecule has 1 aliphatic heterocycles. The third-order valence-electron chi connectivity index (χ3n) is 5.66. The van der Waals surface area contributed by atoms with Crippen LogP contribution in [0.25, 0.3) is 11.1 Å². The number of carbonyl (C=O) groups is 2. The van der Waals surface area contributed by atoms with Gasteiger partial charge in [0.15, 0.2) is 0 Å². The molecule has 1 aliphatic rings. The first-order chi connectivity index (χ1) is 19.1. The number of anilines is 1. The van der Waals surface area contributed by atoms with E-state index in [0.29, 0.717) is 5.56 Å². The molecule has 5 heteroatoms. The summed E-state index contributed by atoms with van der Waals surface area (Å²) in [5.41, 5.74) is 12.3. The van der Waals surface area contributed by atoms with Gasteiger partial charge >= 0.3 is 0 Å². The maximum atomic E-state index is 11.3. The topological polar surface area (TPSA) is 66.6 Å². The van der Waals surface area contributed by atoms with Crippen LogP contribution in [0.5, 0.6) is 0 Å². The predicted octanol–water partition coefficient (Wildman–Crippen LogP) is 8.00. The Morgan fingerprint density at radius 1 is 0.718 bits per heavy atom. The van der Waals surface area contributed by atoms with Crippen molar-refractivity contribution in [2.45, 2.75) is 68.9 Å². The zero-order chi connectivity index (χ0) is 30.2. The van der Waals surface area contributed by atoms with Gasteiger partial charge in [0.25, 0.3) is 0 Å². The van der Waals surface area contributed by atoms with Gasteiger partial charge in [-0.15, -0.1) is 0 Å². The van der Waals surface area contributed by atoms with E-state index >= 15 is 0 Å². The lowest BCUT2D eigenvalue weighted by Crippen LogP contribution is -2.46. The first-order valence-corrected chi connectivity index (χ1v) is 14.4. The molecule has 0 saturated carbocycles. The van der Waals surface area contributed by atoms with E-state index in [0.717, 1.165) is 38.4 Å². The molecule has 1 fully saturated rings. The van der Waals surface area contributed by atoms with Crippen LogP contribution >= 0.6 is 0 Å². The Morgan fingerprint density at radius 2 is 1.21 bits per heavy atom. The maximum absolute atomic E-state index is 11.3. The zero-order valence-corrected chi connectivity index (χ0v) is 26.0. The summed E-state index contributed by atoms with van der Waals surface area (Å²) in [6, 6.07) is 25.1. The second-order valence-corrected chi connectivity index (χ2v) is 7.70. The highest BCUT2D eigenvalue weighted by molar-refractivity contribution is 5.93. The first-order valence-electron chi connectivity index (χ1n) is 14.4. The van der Waals surface area contributed by atoms with Crippen molar-refractivity contribution in [1.29, 1.82) is 0 Å². The summed E-state index contributed by atoms with van der Waals surface area (Å²) in [7, 11) is 0. The van der Waals surface area contributed by atoms with Gasteiger partial charge < -0.3 is 15.4 Å². The number of rotatable bonds is 5. The second-order valence-electron chi connectivity index (χ2n) is 7.70. The molecule has 0 bridgehead atoms. The van der Waals surface area contributed by atoms with Gasteiger partial charge in [0, 0.05) is 44.0 Å². The smallest absolute Gasteiger partial charge is 0.248 e. The molecule has 1 heterocycles. The molecule has 4 rings (SSSR count). The predicted molar refractivity (Wildman–Crippen MR) is 172 cm³/mol. The average molecular weight is 536 g/mol. The monoisotopic (exact) mass is 535 g/mol. The first kappa shape index (κ1) is 37.7. The van der Waals surface area contributed by atoms with Gasteiger partial charge in [-0.25, -0.2) is 0 Å². The number of primary amides is 1. The lowest BCUT2D eigenvalue weighted by atomic mass is 9.98. The summed E-state index contributed by atoms with van der Waals surface area (Å²) in [5, 5.41) is 0. The van der Waals surface area contributed by atoms with E-state index in [1.165, 1.54) is 22.3 Å². The minimum atomic E-state index is -0.381. The van der Waals surface area contributed by atoms with E-state index in [-0.39, 0.29) is 5.91 Å². The van der Waals surface area contributed by atoms with Crippen molar-refractivity contribution in [3.63, 3.8) is 0 Å². The highest BCUT2D eigenvalue weighted by Crippen LogP contribution is 2.26. The van der Waals surface area contributed by atoms with Crippen LogP contribution < -0.4 is 10.6 Å². The number of hydrogen-bond acceptors (Lipinski definition) is 4. The molecular weight excluding hydrogens is 482 g/mol. The molecule has 0 aromatic heterocycles. The van der Waals surface area contributed by atoms with Gasteiger partial charge in [-0.1, -0.05) is 109 Å². The van der Waals surface area contributed by atoms with Crippen LogP contribution in [0, 0.1) is 6.92 Å². The van der Waals surface area contributed by atoms with E-state index in [4.69, 9.17) is 10.5 Å². The fourth-order valence-electron chi connectivity index (χ4n) is 3.91. The molecule has 0 aliphatic carbocycles. The van der Waals surface area contributed by atoms with Crippen LogP contribution in [0.2, 0.25) is 0 Å². The average Bonchev–Trinajstić information content (AvgIpc) is 3.03. The molecule has 3 aromatic carbocycles. The van der Waals surface area contributed by atoms with Gasteiger partial charge in [-0.05, 0) is 47.9 Å². The van der Waals surface area contributed by atoms with E-state index in [1.807, 2.05) is 86.4 Å². The molecule has 2 N–H and O–H groups in total. The summed E-state index contributed by atoms with van der Waals surface area (Å²) in [5.74, 6) is -0.381. The number of aryl methyl sites for hydroxylation is 1. The Kier molecular flexibility index (Phi) is 22.9. The molecule has 39 heavy (non-hydrogen) atoms. The van der Waals surface area contributed by atoms with E-state index in [2.05, 4.69) is 65.3 Å². The van der Waals surface area contributed by atoms with Crippen LogP contribution in [0.1, 0.15) is 76.9 Å². The van der Waals surface area contributed by atoms with Crippen LogP contribution in [0.15, 0.2) is 72.8 Å². The van der Waals surface area contributed by atoms with Crippen LogP contribution in [-0.4, -0.2) is 43.8 Å². The molecule has 0 unspecified atom stereocenters. The summed E-state index contributed by atoms with van der Waals surface area (Å²) in [6.45, 7) is 25.1. The fraction of sp³-hybridized carbons (Fsp3) is 0.412. The normalized spacial score (nSPS) is 11.7. The van der Waals surface area contributed by atoms with Crippen molar-refractivity contribution in [3.8, 4) is 11.1 Å². The SMILES string of the molecule is C=O.CC.CC.CC.CC.Cc1ccc(-c2ccccc2CN2CCN(c3ccc(C(N)=O)cc3)CC2)cc1. The number of nitrogens with two attached hydrogens (primary N) is 1. The Balaban J connectivity index is 0. The largest absolute Gasteiger partial charge is 0.369 e. The van der Waals surface area contributed by atoms with E-state index in [9.17, 15) is 4.79 Å². The number of amides is 1. The second kappa shape index (κ2) is 23.7. The van der Waals surface area contributed by atoms with Crippen molar-refractivity contribution in [3.05, 3.63) is 89.5 Å². The molecule has 3 aromatic rings. The molecule has 1 saturated heterocycles. The van der Waals surface area contributed by atoms with Gasteiger partial charge in [-0.2, -0.15) is 0 Å². The summed E-state index contributed by atoms with van der Waals surface area (Å²) in [6.07, 6.45) is 0. The standard InChI is InChI=1S/C25H27N3O.4C2H6.CH2O/c1-19-6-8-20(9-7-19)24-5-3-2-4-22(24)18-27-14-16-28(17-15-27)23-12-10-21(11-13-23)25(26)29;5*1-2/h2-13H,14-18H2,1H3,(H2,26,29);4*1-2H3;1H2. The Bertz CT molecular complexity index is 994. The third-order valence-corrected chi connectivity index (χ3v) is 5.66. The van der Waals surface area contributed by atoms with Crippen molar-refractivity contribution in [2.75, 3.05) is 31.1 Å². The van der Waals surface area contributed by atoms with Gasteiger partial charge in [0.1, 0.15) is 6.79 Å². The highest BCUT2D eigenvalue weighted by atomic mass is 16.1. The van der Waals surface area contributed by atoms with E-state index < -0.39 is 0 Å². The Labute approximate surface area is 239 Å². The minimum absolute atomic E-state index is 0.381. The molecular formula is C34H53N3O2. The molecule has 0 spiro atoms. The van der Waals surface area contributed by atoms with Gasteiger partial charge in [0.2, 0.25) is 5.91 Å². The number of nitrogens with zero attached hydrogens (tertiary/aromatic N) is 2. The van der Waals surface area contributed by atoms with Crippen molar-refractivity contribution < 1.29 is 9.59 Å². The fourth-order valence-corrected chi connectivity index (χ4v) is 3.91. The summed E-state index contributed by atoms with van der Waals surface area (Å²) >= 11 is 0. The lowest BCUT2D eigenvalue weighted by Gasteiger charge is -2.36. The van der Waals surface area contributed by atoms with Crippen LogP contribution in [-0.2, 0) is 11.3 Å². The molecule has 0 radical (unpaired) electrons. The summed E-state index contributed by atoms with van der Waals surface area (Å²) in [4.78, 5) is 24.1. The number of hydrogen-bond donors (Lipinski definition) is 1. The van der Waals surface area contributed by atoms with Crippen molar-refractivity contribution in [1.82, 2.24) is 4.90 Å². The molecule has 0 atom stereocenters. The number of benzene rings is 3. The Morgan fingerprint density at radius 3 is 1.69 bits per heavy atom. The van der Waals surface area contributed by atoms with Gasteiger partial charge in [-0.3, -0.25) is 9.69 Å². The summed E-state index contributed by atoms with van der Waals surface area (Å²) < 4.78 is 0. The zero-order valence-electron chi connectivity index (χ0n) is 26.0. The minimum Gasteiger partial charge on any atom is -0.369 e. The molecule has 1 amide bonds. The Hall–Kier alpha value is -3.44. The highest BCUT2D eigenvalue weighted by Gasteiger charge is 2.18. The van der Waals surface area contributed by atoms with Crippen molar-refractivity contribution >= 4 is 18.4 Å². The number of piperazine rings is 1. The lowest BCUT2D eigenvalue weighted by molar-refractivity contribution is -0.0980.